The maximum Gasteiger partial charge on any atom is 0.158 e. The number of H-pyrrole nitrogens is 1. The zero-order valence-corrected chi connectivity index (χ0v) is 23.0. The Morgan fingerprint density at radius 2 is 1.95 bits per heavy atom. The zero-order valence-electron chi connectivity index (χ0n) is 22.2. The van der Waals surface area contributed by atoms with Gasteiger partial charge in [0.1, 0.15) is 22.0 Å². The molecule has 2 aliphatic heterocycles. The first-order valence-electron chi connectivity index (χ1n) is 13.1. The molecule has 0 aromatic carbocycles. The van der Waals surface area contributed by atoms with Crippen LogP contribution in [-0.2, 0) is 9.84 Å². The van der Waals surface area contributed by atoms with Crippen LogP contribution in [0.5, 0.6) is 0 Å². The van der Waals surface area contributed by atoms with Crippen LogP contribution in [0.25, 0.3) is 27.9 Å². The van der Waals surface area contributed by atoms with Gasteiger partial charge in [-0.15, -0.1) is 0 Å². The number of nitrogens with one attached hydrogen (secondary N) is 1. The van der Waals surface area contributed by atoms with Crippen LogP contribution < -0.4 is 4.90 Å². The molecule has 0 radical (unpaired) electrons. The third-order valence-electron chi connectivity index (χ3n) is 8.25. The van der Waals surface area contributed by atoms with Crippen molar-refractivity contribution in [3.05, 3.63) is 41.3 Å². The van der Waals surface area contributed by atoms with E-state index in [0.29, 0.717) is 18.5 Å². The van der Waals surface area contributed by atoms with E-state index in [-0.39, 0.29) is 11.7 Å². The van der Waals surface area contributed by atoms with Crippen molar-refractivity contribution in [2.75, 3.05) is 36.5 Å². The van der Waals surface area contributed by atoms with Crippen molar-refractivity contribution in [1.29, 1.82) is 0 Å². The number of aromatic nitrogens is 5. The lowest BCUT2D eigenvalue weighted by Gasteiger charge is -2.35. The monoisotopic (exact) mass is 521 g/mol. The standard InChI is InChI=1S/C27H35N7O2S/c1-16(2)24-25(21-14-34-27(28-15-29-34)18(4)17(21)3)30-22-7-8-23(31-26(22)24)33-13-19-11-20(33)12-32(19)9-6-10-37(5,35)36/h7-8,14-16,19-20,30H,6,9-13H2,1-5H3/t19-,20-/m1/s1. The first kappa shape index (κ1) is 24.4. The summed E-state index contributed by atoms with van der Waals surface area (Å²) in [5.74, 6) is 1.58. The molecule has 0 aliphatic carbocycles. The van der Waals surface area contributed by atoms with Crippen LogP contribution in [0.1, 0.15) is 49.3 Å². The second kappa shape index (κ2) is 8.80. The van der Waals surface area contributed by atoms with E-state index in [1.807, 2.05) is 4.52 Å². The maximum atomic E-state index is 11.5. The summed E-state index contributed by atoms with van der Waals surface area (Å²) in [6.07, 6.45) is 6.81. The molecule has 0 amide bonds. The fourth-order valence-corrected chi connectivity index (χ4v) is 6.95. The third kappa shape index (κ3) is 4.20. The summed E-state index contributed by atoms with van der Waals surface area (Å²) in [5, 5.41) is 4.40. The zero-order chi connectivity index (χ0) is 26.1. The summed E-state index contributed by atoms with van der Waals surface area (Å²) in [6.45, 7) is 11.5. The highest BCUT2D eigenvalue weighted by Crippen LogP contribution is 2.39. The van der Waals surface area contributed by atoms with Gasteiger partial charge in [0.15, 0.2) is 5.65 Å². The van der Waals surface area contributed by atoms with Crippen LogP contribution in [0.3, 0.4) is 0 Å². The number of anilines is 1. The number of nitrogens with zero attached hydrogens (tertiary/aromatic N) is 6. The number of likely N-dealkylation sites (tertiary alicyclic amines) is 1. The van der Waals surface area contributed by atoms with Crippen molar-refractivity contribution in [2.45, 2.75) is 58.5 Å². The SMILES string of the molecule is Cc1c(-c2[nH]c3ccc(N4C[C@H]5C[C@@H]4CN5CCCS(C)(=O)=O)nc3c2C(C)C)cn2ncnc2c1C. The Labute approximate surface area is 217 Å². The smallest absolute Gasteiger partial charge is 0.158 e. The number of aryl methyl sites for hydroxylation is 1. The molecule has 2 atom stereocenters. The first-order chi connectivity index (χ1) is 17.6. The van der Waals surface area contributed by atoms with Crippen molar-refractivity contribution in [2.24, 2.45) is 0 Å². The average Bonchev–Trinajstić information content (AvgIpc) is 3.61. The molecular formula is C27H35N7O2S. The van der Waals surface area contributed by atoms with E-state index in [1.54, 1.807) is 6.33 Å². The molecule has 2 fully saturated rings. The van der Waals surface area contributed by atoms with Crippen LogP contribution >= 0.6 is 0 Å². The van der Waals surface area contributed by atoms with Crippen LogP contribution in [0, 0.1) is 13.8 Å². The molecule has 9 nitrogen and oxygen atoms in total. The summed E-state index contributed by atoms with van der Waals surface area (Å²) >= 11 is 0. The minimum atomic E-state index is -2.90. The van der Waals surface area contributed by atoms with Gasteiger partial charge < -0.3 is 9.88 Å². The second-order valence-corrected chi connectivity index (χ2v) is 13.4. The molecule has 37 heavy (non-hydrogen) atoms. The van der Waals surface area contributed by atoms with Crippen molar-refractivity contribution < 1.29 is 8.42 Å². The van der Waals surface area contributed by atoms with E-state index in [2.05, 4.69) is 70.9 Å². The van der Waals surface area contributed by atoms with Gasteiger partial charge in [0.2, 0.25) is 0 Å². The van der Waals surface area contributed by atoms with Gasteiger partial charge in [-0.1, -0.05) is 13.8 Å². The molecule has 4 aromatic heterocycles. The van der Waals surface area contributed by atoms with Gasteiger partial charge in [-0.3, -0.25) is 4.90 Å². The molecule has 0 unspecified atom stereocenters. The maximum absolute atomic E-state index is 11.5. The molecule has 6 rings (SSSR count). The van der Waals surface area contributed by atoms with Crippen LogP contribution in [0.4, 0.5) is 5.82 Å². The Morgan fingerprint density at radius 1 is 1.14 bits per heavy atom. The van der Waals surface area contributed by atoms with E-state index in [9.17, 15) is 8.42 Å². The molecule has 2 aliphatic rings. The highest BCUT2D eigenvalue weighted by molar-refractivity contribution is 7.90. The van der Waals surface area contributed by atoms with Gasteiger partial charge in [0.05, 0.1) is 22.5 Å². The summed E-state index contributed by atoms with van der Waals surface area (Å²) in [7, 11) is -2.90. The van der Waals surface area contributed by atoms with Crippen LogP contribution in [0.2, 0.25) is 0 Å². The van der Waals surface area contributed by atoms with Gasteiger partial charge in [-0.05, 0) is 62.4 Å². The number of fused-ring (bicyclic) bond motifs is 4. The van der Waals surface area contributed by atoms with E-state index in [1.165, 1.54) is 17.4 Å². The second-order valence-electron chi connectivity index (χ2n) is 11.1. The van der Waals surface area contributed by atoms with E-state index >= 15 is 0 Å². The van der Waals surface area contributed by atoms with E-state index < -0.39 is 9.84 Å². The minimum Gasteiger partial charge on any atom is -0.353 e. The number of rotatable bonds is 7. The normalized spacial score (nSPS) is 20.3. The van der Waals surface area contributed by atoms with Crippen LogP contribution in [-0.4, -0.2) is 81.6 Å². The summed E-state index contributed by atoms with van der Waals surface area (Å²) in [6, 6.07) is 5.20. The highest BCUT2D eigenvalue weighted by Gasteiger charge is 2.43. The largest absolute Gasteiger partial charge is 0.353 e. The minimum absolute atomic E-state index is 0.263. The van der Waals surface area contributed by atoms with Crippen molar-refractivity contribution in [3.8, 4) is 11.3 Å². The average molecular weight is 522 g/mol. The molecular weight excluding hydrogens is 486 g/mol. The Hall–Kier alpha value is -2.98. The molecule has 196 valence electrons. The summed E-state index contributed by atoms with van der Waals surface area (Å²) < 4.78 is 24.9. The predicted molar refractivity (Wildman–Crippen MR) is 147 cm³/mol. The van der Waals surface area contributed by atoms with Gasteiger partial charge >= 0.3 is 0 Å². The molecule has 4 aromatic rings. The summed E-state index contributed by atoms with van der Waals surface area (Å²) in [4.78, 5) is 18.2. The lowest BCUT2D eigenvalue weighted by molar-refractivity contribution is 0.239. The molecule has 6 heterocycles. The quantitative estimate of drug-likeness (QED) is 0.396. The number of piperazine rings is 1. The predicted octanol–water partition coefficient (Wildman–Crippen LogP) is 3.71. The Balaban J connectivity index is 1.31. The van der Waals surface area contributed by atoms with Crippen LogP contribution in [0.15, 0.2) is 24.7 Å². The lowest BCUT2D eigenvalue weighted by Crippen LogP contribution is -2.47. The topological polar surface area (TPSA) is 99.5 Å². The highest BCUT2D eigenvalue weighted by atomic mass is 32.2. The first-order valence-corrected chi connectivity index (χ1v) is 15.2. The fraction of sp³-hybridized carbons (Fsp3) is 0.519. The lowest BCUT2D eigenvalue weighted by atomic mass is 9.95. The van der Waals surface area contributed by atoms with Gasteiger partial charge in [0, 0.05) is 48.8 Å². The molecule has 2 bridgehead atoms. The number of sulfone groups is 1. The number of hydrogen-bond acceptors (Lipinski definition) is 7. The van der Waals surface area contributed by atoms with E-state index in [4.69, 9.17) is 4.98 Å². The fourth-order valence-electron chi connectivity index (χ4n) is 6.30. The number of pyridine rings is 2. The molecule has 1 N–H and O–H groups in total. The Bertz CT molecular complexity index is 1600. The Morgan fingerprint density at radius 3 is 2.65 bits per heavy atom. The summed E-state index contributed by atoms with van der Waals surface area (Å²) in [5.41, 5.74) is 8.75. The number of hydrogen-bond donors (Lipinski definition) is 1. The third-order valence-corrected chi connectivity index (χ3v) is 9.28. The Kier molecular flexibility index (Phi) is 5.80. The van der Waals surface area contributed by atoms with Crippen molar-refractivity contribution in [1.82, 2.24) is 29.5 Å². The van der Waals surface area contributed by atoms with E-state index in [0.717, 1.165) is 65.4 Å². The van der Waals surface area contributed by atoms with Crippen molar-refractivity contribution >= 4 is 32.3 Å². The van der Waals surface area contributed by atoms with Gasteiger partial charge in [-0.2, -0.15) is 5.10 Å². The molecule has 0 spiro atoms. The number of aromatic amines is 1. The molecule has 2 saturated heterocycles. The molecule has 10 heteroatoms. The molecule has 0 saturated carbocycles. The van der Waals surface area contributed by atoms with Gasteiger partial charge in [0.25, 0.3) is 0 Å². The van der Waals surface area contributed by atoms with Crippen molar-refractivity contribution in [3.63, 3.8) is 0 Å². The van der Waals surface area contributed by atoms with Gasteiger partial charge in [-0.25, -0.2) is 22.9 Å².